The Morgan fingerprint density at radius 3 is 2.44 bits per heavy atom. The number of halogens is 4. The summed E-state index contributed by atoms with van der Waals surface area (Å²) < 4.78 is 40.0. The van der Waals surface area contributed by atoms with Gasteiger partial charge in [-0.05, 0) is 36.2 Å². The number of alkyl halides is 3. The van der Waals surface area contributed by atoms with E-state index in [0.29, 0.717) is 6.42 Å². The Hall–Kier alpha value is -1.90. The van der Waals surface area contributed by atoms with E-state index < -0.39 is 23.7 Å². The normalized spacial score (nSPS) is 20.5. The Kier molecular flexibility index (Phi) is 5.12. The van der Waals surface area contributed by atoms with Crippen LogP contribution >= 0.6 is 15.9 Å². The van der Waals surface area contributed by atoms with Crippen LogP contribution in [-0.2, 0) is 11.0 Å². The van der Waals surface area contributed by atoms with E-state index in [9.17, 15) is 18.0 Å². The van der Waals surface area contributed by atoms with Gasteiger partial charge in [0.25, 0.3) is 0 Å². The van der Waals surface area contributed by atoms with Gasteiger partial charge in [0.05, 0.1) is 11.3 Å². The molecular weight excluding hydrogens is 399 g/mol. The monoisotopic (exact) mass is 413 g/mol. The van der Waals surface area contributed by atoms with E-state index in [-0.39, 0.29) is 11.7 Å². The molecule has 3 N–H and O–H groups in total. The van der Waals surface area contributed by atoms with Crippen LogP contribution in [0, 0.1) is 0 Å². The van der Waals surface area contributed by atoms with Gasteiger partial charge in [-0.2, -0.15) is 13.2 Å². The van der Waals surface area contributed by atoms with Crippen LogP contribution in [0.3, 0.4) is 0 Å². The van der Waals surface area contributed by atoms with Crippen molar-refractivity contribution in [3.8, 4) is 0 Å². The van der Waals surface area contributed by atoms with E-state index in [4.69, 9.17) is 0 Å². The van der Waals surface area contributed by atoms with Crippen molar-refractivity contribution in [2.24, 2.45) is 0 Å². The molecule has 3 rings (SSSR count). The molecule has 1 amide bonds. The first-order valence-corrected chi connectivity index (χ1v) is 8.37. The van der Waals surface area contributed by atoms with Crippen LogP contribution in [0.4, 0.5) is 18.9 Å². The molecule has 2 aromatic rings. The van der Waals surface area contributed by atoms with Crippen molar-refractivity contribution < 1.29 is 18.0 Å². The Morgan fingerprint density at radius 2 is 1.76 bits per heavy atom. The molecule has 0 aromatic heterocycles. The zero-order valence-corrected chi connectivity index (χ0v) is 14.5. The van der Waals surface area contributed by atoms with Crippen LogP contribution in [0.15, 0.2) is 53.0 Å². The van der Waals surface area contributed by atoms with Gasteiger partial charge in [-0.25, -0.2) is 10.9 Å². The number of para-hydroxylation sites is 1. The minimum Gasteiger partial charge on any atom is -0.324 e. The second-order valence-corrected chi connectivity index (χ2v) is 6.63. The number of rotatable bonds is 3. The van der Waals surface area contributed by atoms with Crippen LogP contribution in [0.1, 0.15) is 23.6 Å². The highest BCUT2D eigenvalue weighted by molar-refractivity contribution is 9.10. The van der Waals surface area contributed by atoms with Crippen LogP contribution in [0.2, 0.25) is 0 Å². The summed E-state index contributed by atoms with van der Waals surface area (Å²) in [5.41, 5.74) is 5.73. The van der Waals surface area contributed by atoms with Crippen molar-refractivity contribution >= 4 is 27.5 Å². The second-order valence-electron chi connectivity index (χ2n) is 5.71. The first kappa shape index (κ1) is 17.9. The van der Waals surface area contributed by atoms with Gasteiger partial charge >= 0.3 is 6.18 Å². The lowest BCUT2D eigenvalue weighted by Crippen LogP contribution is -2.39. The molecule has 0 radical (unpaired) electrons. The lowest BCUT2D eigenvalue weighted by atomic mass is 10.0. The molecule has 0 spiro atoms. The third-order valence-electron chi connectivity index (χ3n) is 3.98. The molecule has 2 aromatic carbocycles. The first-order chi connectivity index (χ1) is 11.8. The van der Waals surface area contributed by atoms with Gasteiger partial charge in [-0.3, -0.25) is 4.79 Å². The summed E-state index contributed by atoms with van der Waals surface area (Å²) in [6.07, 6.45) is -4.09. The molecule has 1 aliphatic rings. The maximum absolute atomic E-state index is 13.0. The molecule has 1 aliphatic heterocycles. The van der Waals surface area contributed by atoms with E-state index in [1.807, 2.05) is 24.3 Å². The summed E-state index contributed by atoms with van der Waals surface area (Å²) in [6, 6.07) is 11.8. The Bertz CT molecular complexity index is 764. The first-order valence-electron chi connectivity index (χ1n) is 7.58. The number of hydrogen-bond donors (Lipinski definition) is 3. The van der Waals surface area contributed by atoms with Crippen LogP contribution < -0.4 is 16.2 Å². The molecule has 0 saturated carbocycles. The molecule has 4 nitrogen and oxygen atoms in total. The minimum atomic E-state index is -4.52. The number of amides is 1. The maximum Gasteiger partial charge on any atom is 0.418 e. The van der Waals surface area contributed by atoms with Gasteiger partial charge < -0.3 is 5.32 Å². The molecule has 25 heavy (non-hydrogen) atoms. The summed E-state index contributed by atoms with van der Waals surface area (Å²) in [5.74, 6) is -0.510. The molecule has 2 atom stereocenters. The van der Waals surface area contributed by atoms with Gasteiger partial charge in [-0.15, -0.1) is 0 Å². The van der Waals surface area contributed by atoms with Gasteiger partial charge in [0.15, 0.2) is 0 Å². The second kappa shape index (κ2) is 7.15. The zero-order chi connectivity index (χ0) is 18.0. The van der Waals surface area contributed by atoms with Crippen molar-refractivity contribution in [1.29, 1.82) is 0 Å². The number of carbonyl (C=O) groups is 1. The maximum atomic E-state index is 13.0. The smallest absolute Gasteiger partial charge is 0.324 e. The predicted octanol–water partition coefficient (Wildman–Crippen LogP) is 4.01. The van der Waals surface area contributed by atoms with Gasteiger partial charge in [-0.1, -0.05) is 40.2 Å². The van der Waals surface area contributed by atoms with E-state index in [0.717, 1.165) is 16.1 Å². The largest absolute Gasteiger partial charge is 0.418 e. The van der Waals surface area contributed by atoms with E-state index in [2.05, 4.69) is 32.1 Å². The van der Waals surface area contributed by atoms with Crippen LogP contribution in [0.25, 0.3) is 0 Å². The molecule has 0 bridgehead atoms. The molecule has 2 unspecified atom stereocenters. The minimum absolute atomic E-state index is 0.0956. The number of carbonyl (C=O) groups excluding carboxylic acids is 1. The SMILES string of the molecule is O=C(Nc1ccccc1C(F)(F)F)C1CC(c2ccc(Br)cc2)NN1. The average Bonchev–Trinajstić information content (AvgIpc) is 3.05. The highest BCUT2D eigenvalue weighted by atomic mass is 79.9. The topological polar surface area (TPSA) is 53.2 Å². The molecular formula is C17H15BrF3N3O. The molecule has 1 fully saturated rings. The zero-order valence-electron chi connectivity index (χ0n) is 12.9. The quantitative estimate of drug-likeness (QED) is 0.712. The summed E-state index contributed by atoms with van der Waals surface area (Å²) >= 11 is 3.36. The highest BCUT2D eigenvalue weighted by Crippen LogP contribution is 2.35. The van der Waals surface area contributed by atoms with Gasteiger partial charge in [0.2, 0.25) is 5.91 Å². The summed E-state index contributed by atoms with van der Waals surface area (Å²) in [7, 11) is 0. The van der Waals surface area contributed by atoms with Crippen molar-refractivity contribution in [3.63, 3.8) is 0 Å². The number of nitrogens with one attached hydrogen (secondary N) is 3. The van der Waals surface area contributed by atoms with E-state index in [1.165, 1.54) is 18.2 Å². The summed E-state index contributed by atoms with van der Waals surface area (Å²) in [6.45, 7) is 0. The number of hydrogen-bond acceptors (Lipinski definition) is 3. The fourth-order valence-corrected chi connectivity index (χ4v) is 2.97. The molecule has 0 aliphatic carbocycles. The van der Waals surface area contributed by atoms with Crippen LogP contribution in [0.5, 0.6) is 0 Å². The van der Waals surface area contributed by atoms with Gasteiger partial charge in [0.1, 0.15) is 6.04 Å². The molecule has 132 valence electrons. The molecule has 1 saturated heterocycles. The van der Waals surface area contributed by atoms with E-state index in [1.54, 1.807) is 0 Å². The Labute approximate surface area is 150 Å². The van der Waals surface area contributed by atoms with Crippen molar-refractivity contribution in [2.75, 3.05) is 5.32 Å². The number of benzene rings is 2. The summed E-state index contributed by atoms with van der Waals surface area (Å²) in [5, 5.41) is 2.37. The summed E-state index contributed by atoms with van der Waals surface area (Å²) in [4.78, 5) is 12.3. The Morgan fingerprint density at radius 1 is 1.08 bits per heavy atom. The lowest BCUT2D eigenvalue weighted by molar-refractivity contribution is -0.137. The predicted molar refractivity (Wildman–Crippen MR) is 91.6 cm³/mol. The lowest BCUT2D eigenvalue weighted by Gasteiger charge is -2.15. The standard InChI is InChI=1S/C17H15BrF3N3O/c18-11-7-5-10(6-8-11)14-9-15(24-23-14)16(25)22-13-4-2-1-3-12(13)17(19,20)21/h1-8,14-15,23-24H,9H2,(H,22,25). The van der Waals surface area contributed by atoms with E-state index >= 15 is 0 Å². The van der Waals surface area contributed by atoms with Crippen molar-refractivity contribution in [3.05, 3.63) is 64.1 Å². The Balaban J connectivity index is 1.68. The molecule has 8 heteroatoms. The fourth-order valence-electron chi connectivity index (χ4n) is 2.70. The van der Waals surface area contributed by atoms with Crippen LogP contribution in [-0.4, -0.2) is 11.9 Å². The van der Waals surface area contributed by atoms with Crippen molar-refractivity contribution in [1.82, 2.24) is 10.9 Å². The number of anilines is 1. The van der Waals surface area contributed by atoms with Gasteiger partial charge in [0, 0.05) is 10.5 Å². The highest BCUT2D eigenvalue weighted by Gasteiger charge is 2.35. The average molecular weight is 414 g/mol. The third-order valence-corrected chi connectivity index (χ3v) is 4.51. The van der Waals surface area contributed by atoms with Crippen molar-refractivity contribution in [2.45, 2.75) is 24.7 Å². The molecule has 1 heterocycles. The fraction of sp³-hybridized carbons (Fsp3) is 0.235. The third kappa shape index (κ3) is 4.20. The number of hydrazine groups is 1.